The number of carbonyl (C=O) groups is 1. The topological polar surface area (TPSA) is 78.8 Å². The van der Waals surface area contributed by atoms with Gasteiger partial charge in [-0.05, 0) is 18.8 Å². The van der Waals surface area contributed by atoms with Crippen molar-refractivity contribution in [3.8, 4) is 0 Å². The molecular formula is C11H21NO4. The summed E-state index contributed by atoms with van der Waals surface area (Å²) in [5, 5.41) is 20.7. The first-order valence-electron chi connectivity index (χ1n) is 5.78. The summed E-state index contributed by atoms with van der Waals surface area (Å²) >= 11 is 0. The van der Waals surface area contributed by atoms with E-state index in [1.165, 1.54) is 0 Å². The Labute approximate surface area is 95.8 Å². The van der Waals surface area contributed by atoms with E-state index < -0.39 is 11.6 Å². The third kappa shape index (κ3) is 3.64. The molecule has 1 aliphatic rings. The molecule has 1 fully saturated rings. The van der Waals surface area contributed by atoms with E-state index in [0.717, 1.165) is 25.7 Å². The molecule has 3 N–H and O–H groups in total. The summed E-state index contributed by atoms with van der Waals surface area (Å²) in [7, 11) is 0. The molecule has 1 saturated carbocycles. The van der Waals surface area contributed by atoms with Gasteiger partial charge in [0.2, 0.25) is 0 Å². The Kier molecular flexibility index (Phi) is 5.02. The Morgan fingerprint density at radius 3 is 2.88 bits per heavy atom. The number of hydrogen-bond acceptors (Lipinski definition) is 4. The Morgan fingerprint density at radius 1 is 1.56 bits per heavy atom. The second-order valence-electron chi connectivity index (χ2n) is 4.62. The molecule has 5 heteroatoms. The Morgan fingerprint density at radius 2 is 2.31 bits per heavy atom. The van der Waals surface area contributed by atoms with Crippen LogP contribution in [-0.4, -0.2) is 41.7 Å². The summed E-state index contributed by atoms with van der Waals surface area (Å²) in [6.07, 6.45) is 3.13. The molecule has 0 heterocycles. The number of nitrogens with one attached hydrogen (secondary N) is 1. The van der Waals surface area contributed by atoms with Crippen molar-refractivity contribution in [1.82, 2.24) is 5.32 Å². The van der Waals surface area contributed by atoms with Gasteiger partial charge in [-0.1, -0.05) is 19.8 Å². The highest BCUT2D eigenvalue weighted by Crippen LogP contribution is 2.31. The molecule has 0 spiro atoms. The fourth-order valence-electron chi connectivity index (χ4n) is 2.35. The van der Waals surface area contributed by atoms with Crippen LogP contribution in [0.4, 0.5) is 4.79 Å². The fraction of sp³-hybridized carbons (Fsp3) is 0.909. The smallest absolute Gasteiger partial charge is 0.407 e. The van der Waals surface area contributed by atoms with Crippen LogP contribution in [0.1, 0.15) is 32.6 Å². The average molecular weight is 231 g/mol. The number of carbonyl (C=O) groups excluding carboxylic acids is 1. The van der Waals surface area contributed by atoms with Gasteiger partial charge < -0.3 is 20.3 Å². The zero-order chi connectivity index (χ0) is 12.0. The van der Waals surface area contributed by atoms with E-state index >= 15 is 0 Å². The van der Waals surface area contributed by atoms with Gasteiger partial charge >= 0.3 is 6.09 Å². The van der Waals surface area contributed by atoms with Gasteiger partial charge in [-0.25, -0.2) is 4.79 Å². The Bertz CT molecular complexity index is 234. The van der Waals surface area contributed by atoms with Crippen LogP contribution in [0.15, 0.2) is 0 Å². The first-order chi connectivity index (χ1) is 7.62. The summed E-state index contributed by atoms with van der Waals surface area (Å²) < 4.78 is 4.74. The molecule has 1 rings (SSSR count). The number of aliphatic hydroxyl groups excluding tert-OH is 2. The van der Waals surface area contributed by atoms with Gasteiger partial charge in [0.1, 0.15) is 6.61 Å². The first-order valence-corrected chi connectivity index (χ1v) is 5.78. The molecular weight excluding hydrogens is 210 g/mol. The number of hydrogen-bond donors (Lipinski definition) is 3. The van der Waals surface area contributed by atoms with E-state index in [9.17, 15) is 9.90 Å². The highest BCUT2D eigenvalue weighted by atomic mass is 16.6. The minimum atomic E-state index is -0.558. The predicted molar refractivity (Wildman–Crippen MR) is 59.0 cm³/mol. The zero-order valence-electron chi connectivity index (χ0n) is 9.74. The number of rotatable bonds is 4. The summed E-state index contributed by atoms with van der Waals surface area (Å²) in [4.78, 5) is 11.4. The number of amides is 1. The number of alkyl carbamates (subject to hydrolysis) is 1. The summed E-state index contributed by atoms with van der Waals surface area (Å²) in [5.41, 5.74) is -0.537. The van der Waals surface area contributed by atoms with Crippen molar-refractivity contribution in [1.29, 1.82) is 0 Å². The molecule has 1 aliphatic carbocycles. The lowest BCUT2D eigenvalue weighted by atomic mass is 9.77. The van der Waals surface area contributed by atoms with Crippen molar-refractivity contribution in [3.05, 3.63) is 0 Å². The number of ether oxygens (including phenoxy) is 1. The molecule has 94 valence electrons. The van der Waals surface area contributed by atoms with E-state index in [2.05, 4.69) is 12.2 Å². The van der Waals surface area contributed by atoms with E-state index in [4.69, 9.17) is 9.84 Å². The van der Waals surface area contributed by atoms with Crippen LogP contribution in [0.3, 0.4) is 0 Å². The van der Waals surface area contributed by atoms with E-state index in [1.807, 2.05) is 0 Å². The lowest BCUT2D eigenvalue weighted by molar-refractivity contribution is 0.0723. The maximum Gasteiger partial charge on any atom is 0.407 e. The minimum Gasteiger partial charge on any atom is -0.447 e. The van der Waals surface area contributed by atoms with Gasteiger partial charge in [0.25, 0.3) is 0 Å². The van der Waals surface area contributed by atoms with E-state index in [1.54, 1.807) is 0 Å². The lowest BCUT2D eigenvalue weighted by Gasteiger charge is -2.38. The van der Waals surface area contributed by atoms with Gasteiger partial charge in [0, 0.05) is 0 Å². The van der Waals surface area contributed by atoms with Crippen LogP contribution in [0.5, 0.6) is 0 Å². The minimum absolute atomic E-state index is 0.0110. The van der Waals surface area contributed by atoms with Crippen molar-refractivity contribution < 1.29 is 19.7 Å². The van der Waals surface area contributed by atoms with Gasteiger partial charge in [0.05, 0.1) is 18.8 Å². The molecule has 16 heavy (non-hydrogen) atoms. The van der Waals surface area contributed by atoms with Crippen LogP contribution < -0.4 is 5.32 Å². The van der Waals surface area contributed by atoms with Crippen LogP contribution in [0.2, 0.25) is 0 Å². The molecule has 2 atom stereocenters. The fourth-order valence-corrected chi connectivity index (χ4v) is 2.35. The molecule has 2 unspecified atom stereocenters. The molecule has 1 amide bonds. The quantitative estimate of drug-likeness (QED) is 0.663. The largest absolute Gasteiger partial charge is 0.447 e. The Hall–Kier alpha value is -0.810. The van der Waals surface area contributed by atoms with Crippen molar-refractivity contribution >= 4 is 6.09 Å². The predicted octanol–water partition coefficient (Wildman–Crippen LogP) is 0.646. The van der Waals surface area contributed by atoms with Crippen molar-refractivity contribution in [3.63, 3.8) is 0 Å². The highest BCUT2D eigenvalue weighted by molar-refractivity contribution is 5.68. The molecule has 0 saturated heterocycles. The van der Waals surface area contributed by atoms with Crippen molar-refractivity contribution in [2.24, 2.45) is 5.92 Å². The maximum atomic E-state index is 11.4. The standard InChI is InChI=1S/C11H21NO4/c1-9-3-2-4-11(7-9,8-14)12-10(15)16-6-5-13/h9,13-14H,2-8H2,1H3,(H,12,15). The molecule has 0 aromatic carbocycles. The Balaban J connectivity index is 2.49. The normalized spacial score (nSPS) is 29.8. The summed E-state index contributed by atoms with van der Waals surface area (Å²) in [6, 6.07) is 0. The molecule has 0 bridgehead atoms. The van der Waals surface area contributed by atoms with Crippen molar-refractivity contribution in [2.45, 2.75) is 38.1 Å². The third-order valence-corrected chi connectivity index (χ3v) is 3.09. The van der Waals surface area contributed by atoms with Crippen LogP contribution in [-0.2, 0) is 4.74 Å². The first kappa shape index (κ1) is 13.3. The van der Waals surface area contributed by atoms with Gasteiger partial charge in [-0.2, -0.15) is 0 Å². The monoisotopic (exact) mass is 231 g/mol. The summed E-state index contributed by atoms with van der Waals surface area (Å²) in [5.74, 6) is 0.499. The third-order valence-electron chi connectivity index (χ3n) is 3.09. The van der Waals surface area contributed by atoms with Crippen LogP contribution in [0, 0.1) is 5.92 Å². The number of aliphatic hydroxyl groups is 2. The second-order valence-corrected chi connectivity index (χ2v) is 4.62. The van der Waals surface area contributed by atoms with E-state index in [-0.39, 0.29) is 19.8 Å². The molecule has 5 nitrogen and oxygen atoms in total. The van der Waals surface area contributed by atoms with Crippen LogP contribution >= 0.6 is 0 Å². The lowest BCUT2D eigenvalue weighted by Crippen LogP contribution is -2.54. The van der Waals surface area contributed by atoms with E-state index in [0.29, 0.717) is 5.92 Å². The van der Waals surface area contributed by atoms with Crippen LogP contribution in [0.25, 0.3) is 0 Å². The van der Waals surface area contributed by atoms with Crippen molar-refractivity contribution in [2.75, 3.05) is 19.8 Å². The average Bonchev–Trinajstić information content (AvgIpc) is 2.26. The second kappa shape index (κ2) is 6.06. The maximum absolute atomic E-state index is 11.4. The van der Waals surface area contributed by atoms with Gasteiger partial charge in [-0.15, -0.1) is 0 Å². The molecule has 0 aromatic rings. The van der Waals surface area contributed by atoms with Gasteiger partial charge in [0.15, 0.2) is 0 Å². The van der Waals surface area contributed by atoms with Gasteiger partial charge in [-0.3, -0.25) is 0 Å². The molecule has 0 radical (unpaired) electrons. The molecule has 0 aliphatic heterocycles. The summed E-state index contributed by atoms with van der Waals surface area (Å²) in [6.45, 7) is 1.86. The molecule has 0 aromatic heterocycles. The SMILES string of the molecule is CC1CCCC(CO)(NC(=O)OCCO)C1. The zero-order valence-corrected chi connectivity index (χ0v) is 9.74. The highest BCUT2D eigenvalue weighted by Gasteiger charge is 2.36.